The molecule has 0 heterocycles. The van der Waals surface area contributed by atoms with Gasteiger partial charge in [-0.2, -0.15) is 0 Å². The minimum atomic E-state index is -1.30. The van der Waals surface area contributed by atoms with E-state index in [0.717, 1.165) is 18.4 Å². The molecule has 0 saturated heterocycles. The SMILES string of the molecule is C[C@H](CN(C(=O)OC(C)(C)C)[C@H](C(=O)N(C)[C@H](C)C(=O)N[C@H](Cc1ccc(F)cc1)C(=O)O)C1CC1)Oc1ccccc1CCCN. The second-order valence-corrected chi connectivity index (χ2v) is 13.2. The number of nitrogens with zero attached hydrogens (tertiary/aromatic N) is 2. The third-order valence-electron chi connectivity index (χ3n) is 7.97. The predicted molar refractivity (Wildman–Crippen MR) is 175 cm³/mol. The third kappa shape index (κ3) is 11.2. The molecule has 11 nitrogen and oxygen atoms in total. The average Bonchev–Trinajstić information content (AvgIpc) is 3.84. The highest BCUT2D eigenvalue weighted by Crippen LogP contribution is 2.37. The molecular weight excluding hydrogens is 607 g/mol. The number of likely N-dealkylation sites (N-methyl/N-ethyl adjacent to an activating group) is 1. The standard InChI is InChI=1S/C35H49FN4O7/c1-22(46-29-12-8-7-10-25(29)11-9-19-37)21-40(34(45)47-35(3,4)5)30(26-15-16-26)32(42)39(6)23(2)31(41)38-28(33(43)44)20-24-13-17-27(36)18-14-24/h7-8,10,12-14,17-18,22-23,26,28,30H,9,11,15-16,19-21,37H2,1-6H3,(H,38,41)(H,43,44)/t22-,23-,28-,30+/m1/s1. The number of para-hydroxylation sites is 1. The largest absolute Gasteiger partial charge is 0.489 e. The minimum Gasteiger partial charge on any atom is -0.489 e. The van der Waals surface area contributed by atoms with E-state index < -0.39 is 59.5 Å². The molecule has 4 atom stereocenters. The summed E-state index contributed by atoms with van der Waals surface area (Å²) in [6, 6.07) is 9.64. The molecule has 3 amide bonds. The number of amides is 3. The number of ether oxygens (including phenoxy) is 2. The molecule has 12 heteroatoms. The van der Waals surface area contributed by atoms with E-state index in [1.54, 1.807) is 20.8 Å². The van der Waals surface area contributed by atoms with E-state index in [0.29, 0.717) is 30.7 Å². The number of halogens is 1. The van der Waals surface area contributed by atoms with E-state index in [2.05, 4.69) is 5.32 Å². The summed E-state index contributed by atoms with van der Waals surface area (Å²) in [5.41, 5.74) is 6.39. The van der Waals surface area contributed by atoms with Crippen LogP contribution in [0.2, 0.25) is 0 Å². The van der Waals surface area contributed by atoms with Crippen LogP contribution in [0.3, 0.4) is 0 Å². The average molecular weight is 657 g/mol. The highest BCUT2D eigenvalue weighted by Gasteiger charge is 2.46. The molecule has 3 rings (SSSR count). The van der Waals surface area contributed by atoms with Crippen LogP contribution in [0.25, 0.3) is 0 Å². The van der Waals surface area contributed by atoms with E-state index >= 15 is 0 Å². The molecule has 1 saturated carbocycles. The van der Waals surface area contributed by atoms with E-state index in [9.17, 15) is 28.7 Å². The van der Waals surface area contributed by atoms with Crippen molar-refractivity contribution in [3.8, 4) is 5.75 Å². The number of aliphatic carboxylic acids is 1. The predicted octanol–water partition coefficient (Wildman–Crippen LogP) is 4.16. The Bertz CT molecular complexity index is 1380. The molecule has 4 N–H and O–H groups in total. The zero-order chi connectivity index (χ0) is 34.9. The van der Waals surface area contributed by atoms with Crippen LogP contribution < -0.4 is 15.8 Å². The maximum Gasteiger partial charge on any atom is 0.411 e. The summed E-state index contributed by atoms with van der Waals surface area (Å²) < 4.78 is 25.4. The molecular formula is C35H49FN4O7. The second kappa shape index (κ2) is 16.6. The molecule has 0 aliphatic heterocycles. The molecule has 0 unspecified atom stereocenters. The number of carboxylic acid groups (broad SMARTS) is 1. The van der Waals surface area contributed by atoms with Gasteiger partial charge in [-0.1, -0.05) is 30.3 Å². The number of nitrogens with one attached hydrogen (secondary N) is 1. The van der Waals surface area contributed by atoms with Gasteiger partial charge >= 0.3 is 12.1 Å². The van der Waals surface area contributed by atoms with Gasteiger partial charge in [0.1, 0.15) is 41.4 Å². The number of carbonyl (C=O) groups is 4. The smallest absolute Gasteiger partial charge is 0.411 e. The second-order valence-electron chi connectivity index (χ2n) is 13.2. The fourth-order valence-electron chi connectivity index (χ4n) is 5.20. The van der Waals surface area contributed by atoms with Gasteiger partial charge in [0.2, 0.25) is 11.8 Å². The van der Waals surface area contributed by atoms with Crippen LogP contribution in [0.4, 0.5) is 9.18 Å². The first-order chi connectivity index (χ1) is 22.1. The zero-order valence-electron chi connectivity index (χ0n) is 28.2. The Kier molecular flexibility index (Phi) is 13.1. The molecule has 0 spiro atoms. The van der Waals surface area contributed by atoms with E-state index in [-0.39, 0.29) is 18.9 Å². The number of rotatable bonds is 16. The zero-order valence-corrected chi connectivity index (χ0v) is 28.2. The Labute approximate surface area is 276 Å². The number of carbonyl (C=O) groups excluding carboxylic acids is 3. The number of carboxylic acids is 1. The molecule has 1 fully saturated rings. The van der Waals surface area contributed by atoms with Crippen molar-refractivity contribution in [2.75, 3.05) is 20.1 Å². The van der Waals surface area contributed by atoms with Gasteiger partial charge in [0.25, 0.3) is 0 Å². The van der Waals surface area contributed by atoms with Gasteiger partial charge in [-0.25, -0.2) is 14.0 Å². The van der Waals surface area contributed by atoms with Gasteiger partial charge in [-0.3, -0.25) is 14.5 Å². The highest BCUT2D eigenvalue weighted by molar-refractivity contribution is 5.93. The van der Waals surface area contributed by atoms with Crippen LogP contribution in [-0.4, -0.2) is 88.8 Å². The Balaban J connectivity index is 1.80. The molecule has 2 aromatic carbocycles. The monoisotopic (exact) mass is 656 g/mol. The lowest BCUT2D eigenvalue weighted by Gasteiger charge is -2.37. The van der Waals surface area contributed by atoms with Crippen molar-refractivity contribution in [2.45, 2.75) is 96.6 Å². The lowest BCUT2D eigenvalue weighted by Crippen LogP contribution is -2.58. The molecule has 0 aromatic heterocycles. The number of hydrogen-bond acceptors (Lipinski definition) is 7. The van der Waals surface area contributed by atoms with Crippen LogP contribution in [0.5, 0.6) is 5.75 Å². The van der Waals surface area contributed by atoms with Crippen LogP contribution in [-0.2, 0) is 32.0 Å². The van der Waals surface area contributed by atoms with Gasteiger partial charge < -0.3 is 30.5 Å². The fraction of sp³-hybridized carbons (Fsp3) is 0.543. The van der Waals surface area contributed by atoms with Crippen molar-refractivity contribution in [1.82, 2.24) is 15.1 Å². The van der Waals surface area contributed by atoms with Crippen LogP contribution >= 0.6 is 0 Å². The lowest BCUT2D eigenvalue weighted by atomic mass is 10.0. The van der Waals surface area contributed by atoms with Crippen molar-refractivity contribution < 1.29 is 38.1 Å². The van der Waals surface area contributed by atoms with Gasteiger partial charge in [0.05, 0.1) is 6.54 Å². The topological polar surface area (TPSA) is 152 Å². The summed E-state index contributed by atoms with van der Waals surface area (Å²) in [6.07, 6.45) is 1.66. The lowest BCUT2D eigenvalue weighted by molar-refractivity contribution is -0.145. The highest BCUT2D eigenvalue weighted by atomic mass is 19.1. The Morgan fingerprint density at radius 2 is 1.70 bits per heavy atom. The Hall–Kier alpha value is -4.19. The normalized spacial score (nSPS) is 15.5. The van der Waals surface area contributed by atoms with Crippen molar-refractivity contribution in [3.05, 3.63) is 65.5 Å². The van der Waals surface area contributed by atoms with Gasteiger partial charge in [-0.05, 0) is 102 Å². The summed E-state index contributed by atoms with van der Waals surface area (Å²) in [4.78, 5) is 55.7. The van der Waals surface area contributed by atoms with Crippen molar-refractivity contribution in [1.29, 1.82) is 0 Å². The maximum atomic E-state index is 14.1. The molecule has 2 aromatic rings. The van der Waals surface area contributed by atoms with E-state index in [4.69, 9.17) is 15.2 Å². The van der Waals surface area contributed by atoms with Crippen LogP contribution in [0, 0.1) is 11.7 Å². The van der Waals surface area contributed by atoms with Gasteiger partial charge in [-0.15, -0.1) is 0 Å². The summed E-state index contributed by atoms with van der Waals surface area (Å²) in [6.45, 7) is 9.13. The maximum absolute atomic E-state index is 14.1. The van der Waals surface area contributed by atoms with E-state index in [1.807, 2.05) is 31.2 Å². The summed E-state index contributed by atoms with van der Waals surface area (Å²) in [5, 5.41) is 12.3. The number of hydrogen-bond donors (Lipinski definition) is 3. The van der Waals surface area contributed by atoms with E-state index in [1.165, 1.54) is 48.0 Å². The molecule has 258 valence electrons. The molecule has 1 aliphatic carbocycles. The number of aryl methyl sites for hydroxylation is 1. The molecule has 1 aliphatic rings. The fourth-order valence-corrected chi connectivity index (χ4v) is 5.20. The van der Waals surface area contributed by atoms with Crippen LogP contribution in [0.1, 0.15) is 65.0 Å². The first-order valence-electron chi connectivity index (χ1n) is 16.1. The molecule has 47 heavy (non-hydrogen) atoms. The van der Waals surface area contributed by atoms with Gasteiger partial charge in [0, 0.05) is 13.5 Å². The summed E-state index contributed by atoms with van der Waals surface area (Å²) in [5.74, 6) is -2.36. The quantitative estimate of drug-likeness (QED) is 0.244. The molecule has 0 radical (unpaired) electrons. The number of nitrogens with two attached hydrogens (primary N) is 1. The first kappa shape index (κ1) is 37.3. The van der Waals surface area contributed by atoms with Gasteiger partial charge in [0.15, 0.2) is 0 Å². The van der Waals surface area contributed by atoms with Crippen molar-refractivity contribution in [3.63, 3.8) is 0 Å². The minimum absolute atomic E-state index is 0.0419. The third-order valence-corrected chi connectivity index (χ3v) is 7.97. The summed E-state index contributed by atoms with van der Waals surface area (Å²) >= 11 is 0. The van der Waals surface area contributed by atoms with Crippen molar-refractivity contribution >= 4 is 23.9 Å². The molecule has 0 bridgehead atoms. The Morgan fingerprint density at radius 1 is 1.06 bits per heavy atom. The number of benzene rings is 2. The first-order valence-corrected chi connectivity index (χ1v) is 16.1. The van der Waals surface area contributed by atoms with Crippen LogP contribution in [0.15, 0.2) is 48.5 Å². The Morgan fingerprint density at radius 3 is 2.28 bits per heavy atom. The summed E-state index contributed by atoms with van der Waals surface area (Å²) in [7, 11) is 1.46. The van der Waals surface area contributed by atoms with Crippen molar-refractivity contribution in [2.24, 2.45) is 11.7 Å².